The molecule has 0 radical (unpaired) electrons. The summed E-state index contributed by atoms with van der Waals surface area (Å²) < 4.78 is 19.7. The molecular weight excluding hydrogens is 241 g/mol. The molecule has 2 N–H and O–H groups in total. The van der Waals surface area contributed by atoms with Gasteiger partial charge in [0.2, 0.25) is 0 Å². The predicted octanol–water partition coefficient (Wildman–Crippen LogP) is 3.80. The molecule has 0 aromatic heterocycles. The van der Waals surface area contributed by atoms with Gasteiger partial charge < -0.3 is 10.5 Å². The molecule has 4 atom stereocenters. The summed E-state index contributed by atoms with van der Waals surface area (Å²) in [5.41, 5.74) is 7.05. The minimum absolute atomic E-state index is 0.0444. The van der Waals surface area contributed by atoms with Crippen molar-refractivity contribution < 1.29 is 9.13 Å². The Hall–Kier alpha value is -1.09. The first-order valence-corrected chi connectivity index (χ1v) is 7.26. The topological polar surface area (TPSA) is 35.2 Å². The third kappa shape index (κ3) is 2.04. The van der Waals surface area contributed by atoms with Gasteiger partial charge in [-0.3, -0.25) is 0 Å². The van der Waals surface area contributed by atoms with E-state index in [4.69, 9.17) is 10.5 Å². The van der Waals surface area contributed by atoms with Gasteiger partial charge in [-0.15, -0.1) is 0 Å². The Morgan fingerprint density at radius 2 is 2.16 bits per heavy atom. The molecule has 1 fully saturated rings. The van der Waals surface area contributed by atoms with Gasteiger partial charge in [0.25, 0.3) is 0 Å². The van der Waals surface area contributed by atoms with Crippen LogP contribution in [0.1, 0.15) is 51.1 Å². The Morgan fingerprint density at radius 3 is 2.95 bits per heavy atom. The van der Waals surface area contributed by atoms with E-state index in [0.717, 1.165) is 18.4 Å². The SMILES string of the molecule is CC1CCCC2(C[C@@H](N)c3ccc(F)cc3O2)C1C. The van der Waals surface area contributed by atoms with Crippen molar-refractivity contribution in [1.29, 1.82) is 0 Å². The van der Waals surface area contributed by atoms with Gasteiger partial charge in [-0.2, -0.15) is 0 Å². The summed E-state index contributed by atoms with van der Waals surface area (Å²) in [6, 6.07) is 4.67. The highest BCUT2D eigenvalue weighted by Gasteiger charge is 2.47. The first-order chi connectivity index (χ1) is 9.02. The van der Waals surface area contributed by atoms with E-state index in [1.54, 1.807) is 6.07 Å². The highest BCUT2D eigenvalue weighted by Crippen LogP contribution is 2.49. The van der Waals surface area contributed by atoms with Gasteiger partial charge >= 0.3 is 0 Å². The zero-order valence-corrected chi connectivity index (χ0v) is 11.7. The lowest BCUT2D eigenvalue weighted by Gasteiger charge is -2.49. The van der Waals surface area contributed by atoms with Crippen LogP contribution in [0.15, 0.2) is 18.2 Å². The van der Waals surface area contributed by atoms with E-state index in [0.29, 0.717) is 17.6 Å². The summed E-state index contributed by atoms with van der Waals surface area (Å²) in [6.07, 6.45) is 4.29. The number of ether oxygens (including phenoxy) is 1. The van der Waals surface area contributed by atoms with Crippen molar-refractivity contribution in [2.45, 2.75) is 51.2 Å². The second kappa shape index (κ2) is 4.48. The summed E-state index contributed by atoms with van der Waals surface area (Å²) >= 11 is 0. The van der Waals surface area contributed by atoms with Gasteiger partial charge in [0.05, 0.1) is 0 Å². The summed E-state index contributed by atoms with van der Waals surface area (Å²) in [5.74, 6) is 1.50. The first kappa shape index (κ1) is 12.9. The highest BCUT2D eigenvalue weighted by atomic mass is 19.1. The van der Waals surface area contributed by atoms with Crippen molar-refractivity contribution >= 4 is 0 Å². The molecule has 0 bridgehead atoms. The van der Waals surface area contributed by atoms with Gasteiger partial charge in [-0.1, -0.05) is 26.3 Å². The van der Waals surface area contributed by atoms with E-state index in [1.807, 2.05) is 0 Å². The van der Waals surface area contributed by atoms with E-state index in [-0.39, 0.29) is 17.5 Å². The van der Waals surface area contributed by atoms with Crippen molar-refractivity contribution in [3.63, 3.8) is 0 Å². The fourth-order valence-corrected chi connectivity index (χ4v) is 3.80. The molecule has 2 aliphatic rings. The molecular formula is C16H22FNO. The van der Waals surface area contributed by atoms with Crippen molar-refractivity contribution in [2.75, 3.05) is 0 Å². The number of rotatable bonds is 0. The molecule has 19 heavy (non-hydrogen) atoms. The van der Waals surface area contributed by atoms with Crippen LogP contribution in [0.5, 0.6) is 5.75 Å². The summed E-state index contributed by atoms with van der Waals surface area (Å²) in [5, 5.41) is 0. The quantitative estimate of drug-likeness (QED) is 0.772. The van der Waals surface area contributed by atoms with E-state index in [1.165, 1.54) is 25.0 Å². The lowest BCUT2D eigenvalue weighted by Crippen LogP contribution is -2.52. The van der Waals surface area contributed by atoms with Gasteiger partial charge in [-0.05, 0) is 30.7 Å². The molecule has 3 heteroatoms. The standard InChI is InChI=1S/C16H22FNO/c1-10-4-3-7-16(11(10)2)9-14(18)13-6-5-12(17)8-15(13)19-16/h5-6,8,10-11,14H,3-4,7,9,18H2,1-2H3/t10?,11?,14-,16?/m1/s1. The average molecular weight is 263 g/mol. The third-order valence-corrected chi connectivity index (χ3v) is 5.20. The van der Waals surface area contributed by atoms with Crippen LogP contribution >= 0.6 is 0 Å². The van der Waals surface area contributed by atoms with Crippen molar-refractivity contribution in [1.82, 2.24) is 0 Å². The molecule has 1 spiro atoms. The number of halogens is 1. The van der Waals surface area contributed by atoms with E-state index >= 15 is 0 Å². The van der Waals surface area contributed by atoms with Gasteiger partial charge in [0.15, 0.2) is 0 Å². The van der Waals surface area contributed by atoms with Gasteiger partial charge in [0.1, 0.15) is 17.2 Å². The Balaban J connectivity index is 1.99. The fraction of sp³-hybridized carbons (Fsp3) is 0.625. The Labute approximate surface area is 114 Å². The van der Waals surface area contributed by atoms with Crippen LogP contribution in [0.3, 0.4) is 0 Å². The molecule has 3 unspecified atom stereocenters. The molecule has 1 aliphatic carbocycles. The predicted molar refractivity (Wildman–Crippen MR) is 73.5 cm³/mol. The van der Waals surface area contributed by atoms with Crippen molar-refractivity contribution in [2.24, 2.45) is 17.6 Å². The molecule has 2 nitrogen and oxygen atoms in total. The molecule has 0 amide bonds. The van der Waals surface area contributed by atoms with Gasteiger partial charge in [-0.25, -0.2) is 4.39 Å². The summed E-state index contributed by atoms with van der Waals surface area (Å²) in [6.45, 7) is 4.53. The maximum Gasteiger partial charge on any atom is 0.127 e. The van der Waals surface area contributed by atoms with Crippen LogP contribution in [-0.2, 0) is 0 Å². The number of benzene rings is 1. The lowest BCUT2D eigenvalue weighted by molar-refractivity contribution is -0.0616. The molecule has 1 aromatic rings. The normalized spacial score (nSPS) is 37.8. The first-order valence-electron chi connectivity index (χ1n) is 7.26. The fourth-order valence-electron chi connectivity index (χ4n) is 3.80. The third-order valence-electron chi connectivity index (χ3n) is 5.20. The average Bonchev–Trinajstić information content (AvgIpc) is 2.35. The maximum atomic E-state index is 13.4. The summed E-state index contributed by atoms with van der Waals surface area (Å²) in [4.78, 5) is 0. The lowest BCUT2D eigenvalue weighted by atomic mass is 9.66. The molecule has 3 rings (SSSR count). The van der Waals surface area contributed by atoms with Crippen molar-refractivity contribution in [3.05, 3.63) is 29.6 Å². The molecule has 0 saturated heterocycles. The van der Waals surface area contributed by atoms with Crippen LogP contribution in [0, 0.1) is 17.7 Å². The summed E-state index contributed by atoms with van der Waals surface area (Å²) in [7, 11) is 0. The van der Waals surface area contributed by atoms with Crippen LogP contribution < -0.4 is 10.5 Å². The Bertz CT molecular complexity index is 490. The van der Waals surface area contributed by atoms with Crippen LogP contribution in [0.2, 0.25) is 0 Å². The number of hydrogen-bond donors (Lipinski definition) is 1. The van der Waals surface area contributed by atoms with Crippen LogP contribution in [0.25, 0.3) is 0 Å². The molecule has 1 saturated carbocycles. The monoisotopic (exact) mass is 263 g/mol. The zero-order valence-electron chi connectivity index (χ0n) is 11.7. The van der Waals surface area contributed by atoms with Crippen LogP contribution in [0.4, 0.5) is 4.39 Å². The van der Waals surface area contributed by atoms with E-state index < -0.39 is 0 Å². The molecule has 1 heterocycles. The number of hydrogen-bond acceptors (Lipinski definition) is 2. The van der Waals surface area contributed by atoms with Gasteiger partial charge in [0, 0.05) is 24.1 Å². The largest absolute Gasteiger partial charge is 0.486 e. The Morgan fingerprint density at radius 1 is 1.37 bits per heavy atom. The minimum Gasteiger partial charge on any atom is -0.486 e. The molecule has 104 valence electrons. The Kier molecular flexibility index (Phi) is 3.05. The molecule has 1 aromatic carbocycles. The number of fused-ring (bicyclic) bond motifs is 1. The minimum atomic E-state index is -0.250. The zero-order chi connectivity index (χ0) is 13.6. The van der Waals surface area contributed by atoms with Crippen LogP contribution in [-0.4, -0.2) is 5.60 Å². The molecule has 1 aliphatic heterocycles. The van der Waals surface area contributed by atoms with E-state index in [2.05, 4.69) is 13.8 Å². The number of nitrogens with two attached hydrogens (primary N) is 1. The smallest absolute Gasteiger partial charge is 0.127 e. The second-order valence-corrected chi connectivity index (χ2v) is 6.32. The second-order valence-electron chi connectivity index (χ2n) is 6.32. The van der Waals surface area contributed by atoms with Crippen molar-refractivity contribution in [3.8, 4) is 5.75 Å². The highest BCUT2D eigenvalue weighted by molar-refractivity contribution is 5.39. The maximum absolute atomic E-state index is 13.4. The van der Waals surface area contributed by atoms with E-state index in [9.17, 15) is 4.39 Å².